The molecule has 4 rings (SSSR count). The van der Waals surface area contributed by atoms with Crippen molar-refractivity contribution in [1.82, 2.24) is 4.98 Å². The minimum Gasteiger partial charge on any atom is -0.484 e. The quantitative estimate of drug-likeness (QED) is 0.548. The van der Waals surface area contributed by atoms with Gasteiger partial charge in [-0.2, -0.15) is 0 Å². The second-order valence-corrected chi connectivity index (χ2v) is 7.82. The van der Waals surface area contributed by atoms with Gasteiger partial charge in [0.05, 0.1) is 17.8 Å². The van der Waals surface area contributed by atoms with Crippen molar-refractivity contribution in [3.05, 3.63) is 72.9 Å². The van der Waals surface area contributed by atoms with Crippen molar-refractivity contribution in [1.29, 1.82) is 0 Å². The minimum atomic E-state index is -0.291. The van der Waals surface area contributed by atoms with Crippen LogP contribution < -0.4 is 25.4 Å². The van der Waals surface area contributed by atoms with E-state index in [9.17, 15) is 9.59 Å². The number of ether oxygens (including phenoxy) is 2. The van der Waals surface area contributed by atoms with Crippen LogP contribution in [0.15, 0.2) is 72.9 Å². The lowest BCUT2D eigenvalue weighted by Crippen LogP contribution is -2.41. The number of pyridine rings is 1. The fraction of sp³-hybridized carbons (Fsp3) is 0.240. The second kappa shape index (κ2) is 10.5. The van der Waals surface area contributed by atoms with Crippen molar-refractivity contribution in [2.45, 2.75) is 12.8 Å². The van der Waals surface area contributed by atoms with Gasteiger partial charge in [0.15, 0.2) is 6.61 Å². The van der Waals surface area contributed by atoms with E-state index in [1.165, 1.54) is 0 Å². The van der Waals surface area contributed by atoms with E-state index >= 15 is 0 Å². The van der Waals surface area contributed by atoms with Crippen LogP contribution >= 0.6 is 0 Å². The number of carbonyl (C=O) groups is 2. The summed E-state index contributed by atoms with van der Waals surface area (Å²) in [5.74, 6) is 2.03. The molecule has 3 N–H and O–H groups in total. The number of piperidine rings is 1. The van der Waals surface area contributed by atoms with E-state index in [0.29, 0.717) is 23.7 Å². The molecule has 1 fully saturated rings. The molecule has 0 saturated carbocycles. The van der Waals surface area contributed by atoms with Crippen molar-refractivity contribution in [2.75, 3.05) is 29.9 Å². The maximum atomic E-state index is 12.2. The summed E-state index contributed by atoms with van der Waals surface area (Å²) >= 11 is 0. The van der Waals surface area contributed by atoms with Gasteiger partial charge in [0.25, 0.3) is 5.91 Å². The maximum absolute atomic E-state index is 12.2. The summed E-state index contributed by atoms with van der Waals surface area (Å²) in [4.78, 5) is 30.2. The van der Waals surface area contributed by atoms with Crippen LogP contribution in [0.4, 0.5) is 11.5 Å². The molecule has 1 aromatic heterocycles. The van der Waals surface area contributed by atoms with Crippen LogP contribution in [0.25, 0.3) is 0 Å². The number of nitrogens with one attached hydrogen (secondary N) is 1. The molecule has 0 bridgehead atoms. The number of benzene rings is 2. The number of carbonyl (C=O) groups excluding carboxylic acids is 2. The van der Waals surface area contributed by atoms with Crippen LogP contribution in [-0.2, 0) is 9.59 Å². The summed E-state index contributed by atoms with van der Waals surface area (Å²) in [6.45, 7) is 1.26. The average molecular weight is 447 g/mol. The number of hydrogen-bond donors (Lipinski definition) is 2. The number of nitrogens with two attached hydrogens (primary N) is 1. The molecule has 0 spiro atoms. The van der Waals surface area contributed by atoms with Crippen LogP contribution in [0.3, 0.4) is 0 Å². The van der Waals surface area contributed by atoms with Crippen molar-refractivity contribution in [3.63, 3.8) is 0 Å². The first kappa shape index (κ1) is 22.1. The molecule has 1 aliphatic rings. The third-order valence-electron chi connectivity index (χ3n) is 5.35. The van der Waals surface area contributed by atoms with Gasteiger partial charge in [-0.3, -0.25) is 9.59 Å². The number of para-hydroxylation sites is 1. The third-order valence-corrected chi connectivity index (χ3v) is 5.35. The van der Waals surface area contributed by atoms with Crippen LogP contribution in [0.5, 0.6) is 17.2 Å². The molecule has 2 aromatic carbocycles. The van der Waals surface area contributed by atoms with Crippen LogP contribution in [0.2, 0.25) is 0 Å². The minimum absolute atomic E-state index is 0.132. The molecule has 8 heteroatoms. The van der Waals surface area contributed by atoms with E-state index in [1.54, 1.807) is 36.5 Å². The molecule has 1 aliphatic heterocycles. The number of anilines is 2. The molecule has 1 atom stereocenters. The number of nitrogens with zero attached hydrogens (tertiary/aromatic N) is 2. The highest BCUT2D eigenvalue weighted by molar-refractivity contribution is 5.91. The van der Waals surface area contributed by atoms with E-state index in [1.807, 2.05) is 41.3 Å². The van der Waals surface area contributed by atoms with Gasteiger partial charge in [-0.15, -0.1) is 0 Å². The number of rotatable bonds is 8. The highest BCUT2D eigenvalue weighted by Crippen LogP contribution is 2.24. The number of aromatic nitrogens is 1. The Morgan fingerprint density at radius 1 is 1.00 bits per heavy atom. The van der Waals surface area contributed by atoms with Gasteiger partial charge in [-0.1, -0.05) is 18.2 Å². The van der Waals surface area contributed by atoms with Gasteiger partial charge in [-0.05, 0) is 61.4 Å². The molecule has 1 unspecified atom stereocenters. The molecule has 0 aliphatic carbocycles. The fourth-order valence-corrected chi connectivity index (χ4v) is 3.64. The molecule has 0 radical (unpaired) electrons. The summed E-state index contributed by atoms with van der Waals surface area (Å²) in [6.07, 6.45) is 3.30. The maximum Gasteiger partial charge on any atom is 0.262 e. The zero-order chi connectivity index (χ0) is 23.0. The predicted molar refractivity (Wildman–Crippen MR) is 125 cm³/mol. The number of amides is 2. The van der Waals surface area contributed by atoms with Gasteiger partial charge < -0.3 is 25.4 Å². The molecular formula is C25H26N4O4. The normalized spacial score (nSPS) is 15.5. The van der Waals surface area contributed by atoms with E-state index < -0.39 is 0 Å². The topological polar surface area (TPSA) is 107 Å². The van der Waals surface area contributed by atoms with Crippen molar-refractivity contribution in [2.24, 2.45) is 11.7 Å². The lowest BCUT2D eigenvalue weighted by molar-refractivity contribution is -0.122. The zero-order valence-corrected chi connectivity index (χ0v) is 18.1. The first-order valence-corrected chi connectivity index (χ1v) is 10.8. The summed E-state index contributed by atoms with van der Waals surface area (Å²) < 4.78 is 11.3. The Kier molecular flexibility index (Phi) is 7.04. The fourth-order valence-electron chi connectivity index (χ4n) is 3.64. The molecule has 8 nitrogen and oxygen atoms in total. The first-order valence-electron chi connectivity index (χ1n) is 10.8. The molecule has 2 heterocycles. The second-order valence-electron chi connectivity index (χ2n) is 7.82. The van der Waals surface area contributed by atoms with Gasteiger partial charge in [0.1, 0.15) is 23.1 Å². The smallest absolute Gasteiger partial charge is 0.262 e. The molecule has 3 aromatic rings. The van der Waals surface area contributed by atoms with E-state index in [2.05, 4.69) is 10.3 Å². The predicted octanol–water partition coefficient (Wildman–Crippen LogP) is 3.59. The number of primary amides is 1. The lowest BCUT2D eigenvalue weighted by Gasteiger charge is -2.32. The Labute approximate surface area is 192 Å². The highest BCUT2D eigenvalue weighted by atomic mass is 16.5. The monoisotopic (exact) mass is 446 g/mol. The first-order chi connectivity index (χ1) is 16.1. The van der Waals surface area contributed by atoms with Crippen molar-refractivity contribution in [3.8, 4) is 17.2 Å². The summed E-state index contributed by atoms with van der Waals surface area (Å²) in [5, 5.41) is 2.77. The molecule has 170 valence electrons. The average Bonchev–Trinajstić information content (AvgIpc) is 2.85. The molecule has 1 saturated heterocycles. The van der Waals surface area contributed by atoms with Crippen molar-refractivity contribution >= 4 is 23.3 Å². The van der Waals surface area contributed by atoms with Crippen LogP contribution in [0, 0.1) is 5.92 Å². The van der Waals surface area contributed by atoms with Gasteiger partial charge in [0.2, 0.25) is 5.91 Å². The summed E-state index contributed by atoms with van der Waals surface area (Å²) in [7, 11) is 0. The molecule has 2 amide bonds. The van der Waals surface area contributed by atoms with E-state index in [-0.39, 0.29) is 24.3 Å². The molecular weight excluding hydrogens is 420 g/mol. The van der Waals surface area contributed by atoms with E-state index in [4.69, 9.17) is 15.2 Å². The summed E-state index contributed by atoms with van der Waals surface area (Å²) in [5.41, 5.74) is 6.02. The number of hydrogen-bond acceptors (Lipinski definition) is 6. The largest absolute Gasteiger partial charge is 0.484 e. The Hall–Kier alpha value is -4.07. The third kappa shape index (κ3) is 6.22. The Morgan fingerprint density at radius 3 is 2.42 bits per heavy atom. The van der Waals surface area contributed by atoms with Crippen LogP contribution in [-0.4, -0.2) is 36.5 Å². The Balaban J connectivity index is 1.24. The molecule has 33 heavy (non-hydrogen) atoms. The van der Waals surface area contributed by atoms with Crippen molar-refractivity contribution < 1.29 is 19.1 Å². The SMILES string of the molecule is NC(=O)C1CCCN(c2ccc(NC(=O)COc3ccc(Oc4ccccc4)cc3)cn2)C1. The summed E-state index contributed by atoms with van der Waals surface area (Å²) in [6, 6.07) is 20.2. The Morgan fingerprint density at radius 2 is 1.73 bits per heavy atom. The van der Waals surface area contributed by atoms with Crippen LogP contribution in [0.1, 0.15) is 12.8 Å². The van der Waals surface area contributed by atoms with Gasteiger partial charge in [-0.25, -0.2) is 4.98 Å². The zero-order valence-electron chi connectivity index (χ0n) is 18.1. The highest BCUT2D eigenvalue weighted by Gasteiger charge is 2.24. The standard InChI is InChI=1S/C25H26N4O4/c26-25(31)18-5-4-14-29(16-18)23-13-8-19(15-27-23)28-24(30)17-32-20-9-11-22(12-10-20)33-21-6-2-1-3-7-21/h1-3,6-13,15,18H,4-5,14,16-17H2,(H2,26,31)(H,28,30). The lowest BCUT2D eigenvalue weighted by atomic mass is 9.97. The van der Waals surface area contributed by atoms with Gasteiger partial charge in [0, 0.05) is 13.1 Å². The van der Waals surface area contributed by atoms with E-state index in [0.717, 1.165) is 31.0 Å². The van der Waals surface area contributed by atoms with Gasteiger partial charge >= 0.3 is 0 Å². The Bertz CT molecular complexity index is 1070.